The van der Waals surface area contributed by atoms with Crippen LogP contribution in [0.1, 0.15) is 13.8 Å². The van der Waals surface area contributed by atoms with Crippen molar-refractivity contribution in [3.8, 4) is 5.75 Å². The minimum Gasteiger partial charge on any atom is -0.508 e. The lowest BCUT2D eigenvalue weighted by atomic mass is 10.0. The monoisotopic (exact) mass is 373 g/mol. The van der Waals surface area contributed by atoms with Crippen molar-refractivity contribution >= 4 is 15.8 Å². The largest absolute Gasteiger partial charge is 0.508 e. The molecule has 6 nitrogen and oxygen atoms in total. The molecule has 0 aliphatic carbocycles. The molecule has 0 saturated heterocycles. The number of rotatable bonds is 4. The molecule has 7 heteroatoms. The standard InChI is InChI=1S/C19H19NO5S/c1-12(2)17-18(26(23,24)15-9-7-14(22)8-10-15)16-6-4-5-13(11-21)20(16)19(17)25-3/h4-10,12,19,22H,1-3H3. The highest BCUT2D eigenvalue weighted by molar-refractivity contribution is 7.95. The molecule has 0 aromatic heterocycles. The van der Waals surface area contributed by atoms with Crippen molar-refractivity contribution in [3.05, 3.63) is 64.4 Å². The molecule has 1 unspecified atom stereocenters. The number of methoxy groups -OCH3 is 1. The van der Waals surface area contributed by atoms with Crippen molar-refractivity contribution in [1.82, 2.24) is 4.90 Å². The van der Waals surface area contributed by atoms with Crippen molar-refractivity contribution < 1.29 is 23.1 Å². The molecule has 2 aliphatic heterocycles. The van der Waals surface area contributed by atoms with Crippen LogP contribution in [0.25, 0.3) is 0 Å². The van der Waals surface area contributed by atoms with Gasteiger partial charge in [0.1, 0.15) is 11.4 Å². The zero-order chi connectivity index (χ0) is 19.1. The Morgan fingerprint density at radius 1 is 1.23 bits per heavy atom. The number of aromatic hydroxyl groups is 1. The van der Waals surface area contributed by atoms with Crippen molar-refractivity contribution in [1.29, 1.82) is 0 Å². The van der Waals surface area contributed by atoms with E-state index >= 15 is 0 Å². The van der Waals surface area contributed by atoms with Gasteiger partial charge in [0, 0.05) is 12.7 Å². The Morgan fingerprint density at radius 2 is 1.88 bits per heavy atom. The molecule has 3 rings (SSSR count). The average Bonchev–Trinajstić information content (AvgIpc) is 2.97. The number of carbonyl (C=O) groups excluding carboxylic acids is 1. The number of hydrogen-bond acceptors (Lipinski definition) is 6. The fourth-order valence-corrected chi connectivity index (χ4v) is 5.08. The third kappa shape index (κ3) is 2.70. The number of sulfone groups is 1. The first-order chi connectivity index (χ1) is 12.3. The smallest absolute Gasteiger partial charge is 0.208 e. The number of hydrogen-bond donors (Lipinski definition) is 1. The number of phenolic OH excluding ortho intramolecular Hbond substituents is 1. The highest BCUT2D eigenvalue weighted by Crippen LogP contribution is 2.45. The summed E-state index contributed by atoms with van der Waals surface area (Å²) < 4.78 is 32.3. The van der Waals surface area contributed by atoms with Crippen molar-refractivity contribution in [2.45, 2.75) is 25.0 Å². The van der Waals surface area contributed by atoms with Crippen LogP contribution in [0.2, 0.25) is 0 Å². The van der Waals surface area contributed by atoms with Crippen LogP contribution in [0.5, 0.6) is 5.75 Å². The van der Waals surface area contributed by atoms with E-state index < -0.39 is 16.1 Å². The fourth-order valence-electron chi connectivity index (χ4n) is 3.26. The Hall–Kier alpha value is -2.60. The van der Waals surface area contributed by atoms with Gasteiger partial charge in [-0.1, -0.05) is 19.9 Å². The van der Waals surface area contributed by atoms with Gasteiger partial charge < -0.3 is 14.7 Å². The summed E-state index contributed by atoms with van der Waals surface area (Å²) in [4.78, 5) is 13.1. The van der Waals surface area contributed by atoms with Crippen molar-refractivity contribution in [3.63, 3.8) is 0 Å². The first kappa shape index (κ1) is 18.2. The first-order valence-corrected chi connectivity index (χ1v) is 9.55. The molecule has 26 heavy (non-hydrogen) atoms. The van der Waals surface area contributed by atoms with E-state index in [0.29, 0.717) is 11.3 Å². The van der Waals surface area contributed by atoms with Gasteiger partial charge in [-0.25, -0.2) is 13.2 Å². The molecule has 2 heterocycles. The summed E-state index contributed by atoms with van der Waals surface area (Å²) in [5.41, 5.74) is 1.17. The Labute approximate surface area is 152 Å². The Morgan fingerprint density at radius 3 is 2.42 bits per heavy atom. The molecule has 0 amide bonds. The summed E-state index contributed by atoms with van der Waals surface area (Å²) in [5, 5.41) is 9.46. The van der Waals surface area contributed by atoms with E-state index in [-0.39, 0.29) is 27.2 Å². The van der Waals surface area contributed by atoms with Gasteiger partial charge in [0.15, 0.2) is 12.2 Å². The van der Waals surface area contributed by atoms with E-state index in [4.69, 9.17) is 4.74 Å². The Balaban J connectivity index is 2.29. The van der Waals surface area contributed by atoms with Crippen LogP contribution in [0.4, 0.5) is 0 Å². The maximum Gasteiger partial charge on any atom is 0.208 e. The van der Waals surface area contributed by atoms with Gasteiger partial charge in [0.25, 0.3) is 0 Å². The highest BCUT2D eigenvalue weighted by atomic mass is 32.2. The van der Waals surface area contributed by atoms with Crippen LogP contribution in [0.3, 0.4) is 0 Å². The average molecular weight is 373 g/mol. The molecular weight excluding hydrogens is 354 g/mol. The van der Waals surface area contributed by atoms with Crippen LogP contribution in [0, 0.1) is 5.92 Å². The molecule has 1 N–H and O–H groups in total. The lowest BCUT2D eigenvalue weighted by Crippen LogP contribution is -2.33. The normalized spacial score (nSPS) is 19.7. The topological polar surface area (TPSA) is 83.9 Å². The van der Waals surface area contributed by atoms with Crippen LogP contribution in [-0.2, 0) is 19.4 Å². The number of benzene rings is 1. The predicted octanol–water partition coefficient (Wildman–Crippen LogP) is 2.53. The van der Waals surface area contributed by atoms with Gasteiger partial charge in [-0.2, -0.15) is 0 Å². The van der Waals surface area contributed by atoms with E-state index in [9.17, 15) is 18.3 Å². The number of nitrogens with zero attached hydrogens (tertiary/aromatic N) is 1. The molecule has 0 spiro atoms. The quantitative estimate of drug-likeness (QED) is 0.817. The zero-order valence-electron chi connectivity index (χ0n) is 14.6. The van der Waals surface area contributed by atoms with E-state index in [2.05, 4.69) is 0 Å². The van der Waals surface area contributed by atoms with Gasteiger partial charge in [0.2, 0.25) is 9.84 Å². The molecule has 1 atom stereocenters. The molecule has 0 fully saturated rings. The Bertz CT molecular complexity index is 977. The molecule has 136 valence electrons. The van der Waals surface area contributed by atoms with Crippen LogP contribution < -0.4 is 0 Å². The number of allylic oxidation sites excluding steroid dienone is 3. The number of ether oxygens (including phenoxy) is 1. The second kappa shape index (κ2) is 6.61. The lowest BCUT2D eigenvalue weighted by molar-refractivity contribution is 0.0417. The van der Waals surface area contributed by atoms with Crippen LogP contribution in [-0.4, -0.2) is 37.7 Å². The SMILES string of the molecule is COC1C(C(C)C)=C(S(=O)(=O)c2ccc(O)cc2)C2=CC=CC(=C=O)N21. The number of fused-ring (bicyclic) bond motifs is 1. The summed E-state index contributed by atoms with van der Waals surface area (Å²) in [6.07, 6.45) is 4.13. The van der Waals surface area contributed by atoms with Crippen LogP contribution in [0.15, 0.2) is 69.3 Å². The third-order valence-corrected chi connectivity index (χ3v) is 6.26. The predicted molar refractivity (Wildman–Crippen MR) is 96.2 cm³/mol. The van der Waals surface area contributed by atoms with E-state index in [1.54, 1.807) is 23.1 Å². The lowest BCUT2D eigenvalue weighted by Gasteiger charge is -2.29. The minimum absolute atomic E-state index is 0.0178. The molecule has 1 aromatic rings. The minimum atomic E-state index is -3.89. The van der Waals surface area contributed by atoms with E-state index in [1.807, 2.05) is 19.8 Å². The third-order valence-electron chi connectivity index (χ3n) is 4.39. The molecule has 0 bridgehead atoms. The van der Waals surface area contributed by atoms with E-state index in [1.165, 1.54) is 31.4 Å². The molecule has 2 aliphatic rings. The molecular formula is C19H19NO5S. The number of phenols is 1. The highest BCUT2D eigenvalue weighted by Gasteiger charge is 2.45. The summed E-state index contributed by atoms with van der Waals surface area (Å²) in [6.45, 7) is 3.76. The van der Waals surface area contributed by atoms with Gasteiger partial charge in [-0.15, -0.1) is 0 Å². The van der Waals surface area contributed by atoms with Crippen molar-refractivity contribution in [2.24, 2.45) is 5.92 Å². The van der Waals surface area contributed by atoms with Gasteiger partial charge in [-0.05, 0) is 42.3 Å². The molecule has 1 aromatic carbocycles. The van der Waals surface area contributed by atoms with Crippen molar-refractivity contribution in [2.75, 3.05) is 7.11 Å². The van der Waals surface area contributed by atoms with Crippen LogP contribution >= 0.6 is 0 Å². The van der Waals surface area contributed by atoms with Gasteiger partial charge in [0.05, 0.1) is 15.5 Å². The summed E-state index contributed by atoms with van der Waals surface area (Å²) in [5.74, 6) is 1.69. The van der Waals surface area contributed by atoms with Gasteiger partial charge in [-0.3, -0.25) is 0 Å². The maximum atomic E-state index is 13.4. The summed E-state index contributed by atoms with van der Waals surface area (Å²) in [6, 6.07) is 5.37. The van der Waals surface area contributed by atoms with E-state index in [0.717, 1.165) is 0 Å². The summed E-state index contributed by atoms with van der Waals surface area (Å²) >= 11 is 0. The second-order valence-corrected chi connectivity index (χ2v) is 8.18. The molecule has 0 radical (unpaired) electrons. The Kier molecular flexibility index (Phi) is 4.63. The first-order valence-electron chi connectivity index (χ1n) is 8.07. The maximum absolute atomic E-state index is 13.4. The summed E-state index contributed by atoms with van der Waals surface area (Å²) in [7, 11) is -2.42. The van der Waals surface area contributed by atoms with Gasteiger partial charge >= 0.3 is 0 Å². The second-order valence-electron chi connectivity index (χ2n) is 6.29. The molecule has 0 saturated carbocycles. The zero-order valence-corrected chi connectivity index (χ0v) is 15.4. The fraction of sp³-hybridized carbons (Fsp3) is 0.263.